The molecule has 0 aromatic rings. The van der Waals surface area contributed by atoms with Gasteiger partial charge >= 0.3 is 0 Å². The van der Waals surface area contributed by atoms with Gasteiger partial charge in [0.25, 0.3) is 0 Å². The summed E-state index contributed by atoms with van der Waals surface area (Å²) in [5, 5.41) is 9.74. The molecule has 4 nitrogen and oxygen atoms in total. The molecule has 16 heavy (non-hydrogen) atoms. The SMILES string of the molecule is CC1CCN(C(=O)CC2(N)CCC2)CC1O. The summed E-state index contributed by atoms with van der Waals surface area (Å²) in [6, 6.07) is 0. The Labute approximate surface area is 96.8 Å². The lowest BCUT2D eigenvalue weighted by Crippen LogP contribution is -2.53. The Bertz CT molecular complexity index is 276. The maximum Gasteiger partial charge on any atom is 0.224 e. The number of β-amino-alcohol motifs (C(OH)–C–C–N with tert-alkyl or cyclic N) is 1. The molecule has 1 amide bonds. The fourth-order valence-electron chi connectivity index (χ4n) is 2.50. The van der Waals surface area contributed by atoms with E-state index in [-0.39, 0.29) is 17.6 Å². The number of nitrogens with zero attached hydrogens (tertiary/aromatic N) is 1. The van der Waals surface area contributed by atoms with Crippen molar-refractivity contribution in [1.82, 2.24) is 4.90 Å². The molecule has 92 valence electrons. The van der Waals surface area contributed by atoms with E-state index in [9.17, 15) is 9.90 Å². The molecule has 2 aliphatic rings. The third-order valence-electron chi connectivity index (χ3n) is 4.12. The number of piperidine rings is 1. The van der Waals surface area contributed by atoms with Gasteiger partial charge < -0.3 is 15.7 Å². The summed E-state index contributed by atoms with van der Waals surface area (Å²) in [5.74, 6) is 0.424. The molecule has 1 aliphatic heterocycles. The van der Waals surface area contributed by atoms with Gasteiger partial charge in [-0.3, -0.25) is 4.79 Å². The third kappa shape index (κ3) is 2.38. The summed E-state index contributed by atoms with van der Waals surface area (Å²) < 4.78 is 0. The molecule has 2 fully saturated rings. The minimum absolute atomic E-state index is 0.119. The molecular weight excluding hydrogens is 204 g/mol. The number of hydrogen-bond acceptors (Lipinski definition) is 3. The van der Waals surface area contributed by atoms with Crippen molar-refractivity contribution in [1.29, 1.82) is 0 Å². The zero-order valence-electron chi connectivity index (χ0n) is 9.98. The zero-order valence-corrected chi connectivity index (χ0v) is 9.98. The van der Waals surface area contributed by atoms with Crippen molar-refractivity contribution in [3.05, 3.63) is 0 Å². The van der Waals surface area contributed by atoms with E-state index >= 15 is 0 Å². The molecule has 2 unspecified atom stereocenters. The number of aliphatic hydroxyl groups is 1. The van der Waals surface area contributed by atoms with E-state index in [1.807, 2.05) is 6.92 Å². The van der Waals surface area contributed by atoms with Crippen molar-refractivity contribution in [2.24, 2.45) is 11.7 Å². The number of aliphatic hydroxyl groups excluding tert-OH is 1. The Hall–Kier alpha value is -0.610. The van der Waals surface area contributed by atoms with E-state index in [0.29, 0.717) is 18.9 Å². The van der Waals surface area contributed by atoms with Crippen LogP contribution in [0.1, 0.15) is 39.0 Å². The predicted molar refractivity (Wildman–Crippen MR) is 61.8 cm³/mol. The van der Waals surface area contributed by atoms with Crippen LogP contribution in [0.2, 0.25) is 0 Å². The van der Waals surface area contributed by atoms with E-state index in [1.165, 1.54) is 0 Å². The average molecular weight is 226 g/mol. The summed E-state index contributed by atoms with van der Waals surface area (Å²) in [7, 11) is 0. The highest BCUT2D eigenvalue weighted by molar-refractivity contribution is 5.77. The molecular formula is C12H22N2O2. The second-order valence-electron chi connectivity index (χ2n) is 5.57. The largest absolute Gasteiger partial charge is 0.391 e. The first kappa shape index (κ1) is 11.9. The number of hydrogen-bond donors (Lipinski definition) is 2. The van der Waals surface area contributed by atoms with Gasteiger partial charge in [-0.2, -0.15) is 0 Å². The molecule has 2 rings (SSSR count). The monoisotopic (exact) mass is 226 g/mol. The van der Waals surface area contributed by atoms with Crippen LogP contribution in [-0.2, 0) is 4.79 Å². The van der Waals surface area contributed by atoms with Gasteiger partial charge in [-0.25, -0.2) is 0 Å². The van der Waals surface area contributed by atoms with E-state index in [0.717, 1.165) is 32.2 Å². The number of rotatable bonds is 2. The smallest absolute Gasteiger partial charge is 0.224 e. The minimum atomic E-state index is -0.368. The Balaban J connectivity index is 1.85. The van der Waals surface area contributed by atoms with Gasteiger partial charge in [-0.15, -0.1) is 0 Å². The van der Waals surface area contributed by atoms with Crippen LogP contribution in [0.25, 0.3) is 0 Å². The van der Waals surface area contributed by atoms with Gasteiger partial charge in [-0.1, -0.05) is 6.92 Å². The quantitative estimate of drug-likeness (QED) is 0.720. The molecule has 4 heteroatoms. The van der Waals surface area contributed by atoms with Crippen molar-refractivity contribution in [3.8, 4) is 0 Å². The fourth-order valence-corrected chi connectivity index (χ4v) is 2.50. The molecule has 2 atom stereocenters. The van der Waals surface area contributed by atoms with Crippen LogP contribution in [0, 0.1) is 5.92 Å². The zero-order chi connectivity index (χ0) is 11.8. The molecule has 0 radical (unpaired) electrons. The van der Waals surface area contributed by atoms with Crippen LogP contribution < -0.4 is 5.73 Å². The average Bonchev–Trinajstić information content (AvgIpc) is 2.19. The van der Waals surface area contributed by atoms with Crippen molar-refractivity contribution >= 4 is 5.91 Å². The van der Waals surface area contributed by atoms with Crippen LogP contribution in [-0.4, -0.2) is 40.6 Å². The summed E-state index contributed by atoms with van der Waals surface area (Å²) in [5.41, 5.74) is 5.82. The number of amides is 1. The summed E-state index contributed by atoms with van der Waals surface area (Å²) in [6.07, 6.45) is 4.05. The van der Waals surface area contributed by atoms with Gasteiger partial charge in [-0.05, 0) is 31.6 Å². The van der Waals surface area contributed by atoms with E-state index < -0.39 is 0 Å². The number of likely N-dealkylation sites (tertiary alicyclic amines) is 1. The Morgan fingerprint density at radius 1 is 1.56 bits per heavy atom. The first-order valence-electron chi connectivity index (χ1n) is 6.25. The van der Waals surface area contributed by atoms with Crippen LogP contribution in [0.15, 0.2) is 0 Å². The van der Waals surface area contributed by atoms with Crippen LogP contribution in [0.5, 0.6) is 0 Å². The van der Waals surface area contributed by atoms with Crippen molar-refractivity contribution < 1.29 is 9.90 Å². The maximum absolute atomic E-state index is 12.0. The highest BCUT2D eigenvalue weighted by Gasteiger charge is 2.37. The van der Waals surface area contributed by atoms with Gasteiger partial charge in [0.05, 0.1) is 6.10 Å². The number of nitrogens with two attached hydrogens (primary N) is 1. The van der Waals surface area contributed by atoms with Crippen LogP contribution in [0.4, 0.5) is 0 Å². The van der Waals surface area contributed by atoms with Gasteiger partial charge in [0, 0.05) is 25.0 Å². The molecule has 0 aromatic carbocycles. The normalized spacial score (nSPS) is 33.3. The lowest BCUT2D eigenvalue weighted by atomic mass is 9.75. The molecule has 0 bridgehead atoms. The maximum atomic E-state index is 12.0. The molecule has 1 saturated heterocycles. The summed E-state index contributed by atoms with van der Waals surface area (Å²) in [4.78, 5) is 13.8. The second-order valence-corrected chi connectivity index (χ2v) is 5.57. The van der Waals surface area contributed by atoms with Crippen LogP contribution in [0.3, 0.4) is 0 Å². The lowest BCUT2D eigenvalue weighted by molar-refractivity contribution is -0.137. The molecule has 3 N–H and O–H groups in total. The van der Waals surface area contributed by atoms with E-state index in [2.05, 4.69) is 0 Å². The van der Waals surface area contributed by atoms with Crippen molar-refractivity contribution in [2.75, 3.05) is 13.1 Å². The van der Waals surface area contributed by atoms with E-state index in [4.69, 9.17) is 5.73 Å². The van der Waals surface area contributed by atoms with E-state index in [1.54, 1.807) is 4.90 Å². The molecule has 1 heterocycles. The molecule has 0 aromatic heterocycles. The predicted octanol–water partition coefficient (Wildman–Crippen LogP) is 0.487. The topological polar surface area (TPSA) is 66.6 Å². The highest BCUT2D eigenvalue weighted by Crippen LogP contribution is 2.33. The molecule has 1 aliphatic carbocycles. The Kier molecular flexibility index (Phi) is 3.22. The van der Waals surface area contributed by atoms with Gasteiger partial charge in [0.2, 0.25) is 5.91 Å². The number of carbonyl (C=O) groups is 1. The Morgan fingerprint density at radius 3 is 2.75 bits per heavy atom. The van der Waals surface area contributed by atoms with Gasteiger partial charge in [0.1, 0.15) is 0 Å². The van der Waals surface area contributed by atoms with Crippen LogP contribution >= 0.6 is 0 Å². The number of carbonyl (C=O) groups excluding carboxylic acids is 1. The second kappa shape index (κ2) is 4.34. The summed E-state index contributed by atoms with van der Waals surface area (Å²) in [6.45, 7) is 3.28. The summed E-state index contributed by atoms with van der Waals surface area (Å²) >= 11 is 0. The fraction of sp³-hybridized carbons (Fsp3) is 0.917. The highest BCUT2D eigenvalue weighted by atomic mass is 16.3. The minimum Gasteiger partial charge on any atom is -0.391 e. The van der Waals surface area contributed by atoms with Crippen molar-refractivity contribution in [3.63, 3.8) is 0 Å². The first-order chi connectivity index (χ1) is 7.50. The standard InChI is InChI=1S/C12H22N2O2/c1-9-3-6-14(8-10(9)15)11(16)7-12(13)4-2-5-12/h9-10,15H,2-8,13H2,1H3. The van der Waals surface area contributed by atoms with Crippen molar-refractivity contribution in [2.45, 2.75) is 50.7 Å². The molecule has 1 saturated carbocycles. The third-order valence-corrected chi connectivity index (χ3v) is 4.12. The van der Waals surface area contributed by atoms with Gasteiger partial charge in [0.15, 0.2) is 0 Å². The Morgan fingerprint density at radius 2 is 2.25 bits per heavy atom. The first-order valence-corrected chi connectivity index (χ1v) is 6.25. The lowest BCUT2D eigenvalue weighted by Gasteiger charge is -2.41. The molecule has 0 spiro atoms.